The summed E-state index contributed by atoms with van der Waals surface area (Å²) in [5.74, 6) is 0.927. The number of aryl methyl sites for hydroxylation is 2. The molecule has 186 valence electrons. The van der Waals surface area contributed by atoms with E-state index >= 15 is 0 Å². The molecule has 0 aliphatic rings. The van der Waals surface area contributed by atoms with Gasteiger partial charge in [0.05, 0.1) is 0 Å². The van der Waals surface area contributed by atoms with Gasteiger partial charge in [0.15, 0.2) is 17.4 Å². The van der Waals surface area contributed by atoms with Crippen molar-refractivity contribution in [2.24, 2.45) is 0 Å². The Morgan fingerprint density at radius 3 is 0.697 bits per heavy atom. The number of benzene rings is 2. The molecule has 0 aromatic heterocycles. The van der Waals surface area contributed by atoms with Gasteiger partial charge in [0.2, 0.25) is 0 Å². The van der Waals surface area contributed by atoms with Crippen LogP contribution in [0.1, 0.15) is 116 Å². The number of hydrogen-bond acceptors (Lipinski definition) is 2. The summed E-state index contributed by atoms with van der Waals surface area (Å²) in [6.45, 7) is 29.8. The number of rotatable bonds is 0. The highest BCUT2D eigenvalue weighted by atomic mass is 27.0. The van der Waals surface area contributed by atoms with E-state index in [1.165, 1.54) is 11.1 Å². The Balaban J connectivity index is 0.000000602. The standard InChI is InChI=1S/2C15H24O.Al.3H/c2*1-10-8-11(14(2,3)4)13(16)12(9-10)15(5,6)7;;;;/h2*8-9,16H,1-7H3;;;;. The van der Waals surface area contributed by atoms with E-state index in [-0.39, 0.29) is 39.0 Å². The molecule has 3 heteroatoms. The van der Waals surface area contributed by atoms with Crippen LogP contribution in [0.15, 0.2) is 24.3 Å². The molecular weight excluding hydrogens is 419 g/mol. The average molecular weight is 471 g/mol. The third-order valence-corrected chi connectivity index (χ3v) is 5.74. The van der Waals surface area contributed by atoms with Gasteiger partial charge in [-0.25, -0.2) is 0 Å². The molecular formula is C30H51AlO2. The maximum atomic E-state index is 10.4. The van der Waals surface area contributed by atoms with Crippen LogP contribution in [0, 0.1) is 13.8 Å². The first kappa shape index (κ1) is 31.6. The van der Waals surface area contributed by atoms with E-state index in [1.807, 2.05) is 0 Å². The van der Waals surface area contributed by atoms with Crippen molar-refractivity contribution in [3.05, 3.63) is 57.6 Å². The van der Waals surface area contributed by atoms with Gasteiger partial charge in [0.25, 0.3) is 0 Å². The smallest absolute Gasteiger partial charge is 0.187 e. The molecule has 33 heavy (non-hydrogen) atoms. The minimum atomic E-state index is -0.0178. The van der Waals surface area contributed by atoms with Gasteiger partial charge < -0.3 is 10.2 Å². The Labute approximate surface area is 215 Å². The summed E-state index contributed by atoms with van der Waals surface area (Å²) in [4.78, 5) is 0. The first-order chi connectivity index (χ1) is 14.1. The van der Waals surface area contributed by atoms with Crippen molar-refractivity contribution in [3.63, 3.8) is 0 Å². The second-order valence-electron chi connectivity index (χ2n) is 13.4. The van der Waals surface area contributed by atoms with E-state index in [0.29, 0.717) is 11.5 Å². The van der Waals surface area contributed by atoms with Crippen molar-refractivity contribution in [1.82, 2.24) is 0 Å². The molecule has 2 aromatic rings. The lowest BCUT2D eigenvalue weighted by Crippen LogP contribution is -2.17. The molecule has 0 saturated carbocycles. The third-order valence-electron chi connectivity index (χ3n) is 5.74. The summed E-state index contributed by atoms with van der Waals surface area (Å²) in [5, 5.41) is 20.8. The highest BCUT2D eigenvalue weighted by molar-refractivity contribution is 5.75. The molecule has 0 saturated heterocycles. The highest BCUT2D eigenvalue weighted by Crippen LogP contribution is 2.40. The molecule has 0 heterocycles. The maximum Gasteiger partial charge on any atom is 0.187 e. The molecule has 0 unspecified atom stereocenters. The first-order valence-corrected chi connectivity index (χ1v) is 11.8. The topological polar surface area (TPSA) is 40.5 Å². The number of aromatic hydroxyl groups is 2. The van der Waals surface area contributed by atoms with Gasteiger partial charge in [-0.3, -0.25) is 0 Å². The fourth-order valence-electron chi connectivity index (χ4n) is 3.84. The lowest BCUT2D eigenvalue weighted by molar-refractivity contribution is 0.422. The fraction of sp³-hybridized carbons (Fsp3) is 0.600. The zero-order valence-corrected chi connectivity index (χ0v) is 23.2. The number of hydrogen-bond donors (Lipinski definition) is 2. The molecule has 2 nitrogen and oxygen atoms in total. The molecule has 2 aromatic carbocycles. The fourth-order valence-corrected chi connectivity index (χ4v) is 3.84. The van der Waals surface area contributed by atoms with Crippen molar-refractivity contribution >= 4 is 17.4 Å². The first-order valence-electron chi connectivity index (χ1n) is 11.8. The van der Waals surface area contributed by atoms with Crippen LogP contribution < -0.4 is 0 Å². The Kier molecular flexibility index (Phi) is 10.0. The monoisotopic (exact) mass is 470 g/mol. The van der Waals surface area contributed by atoms with Crippen LogP contribution in [0.4, 0.5) is 0 Å². The minimum absolute atomic E-state index is 0. The Morgan fingerprint density at radius 2 is 0.576 bits per heavy atom. The van der Waals surface area contributed by atoms with E-state index in [2.05, 4.69) is 121 Å². The SMILES string of the molecule is Cc1cc(C(C)(C)C)c(O)c(C(C)(C)C)c1.Cc1cc(C(C)(C)C)c(O)c(C(C)(C)C)c1.[AlH3]. The number of phenols is 2. The van der Waals surface area contributed by atoms with Crippen molar-refractivity contribution in [1.29, 1.82) is 0 Å². The van der Waals surface area contributed by atoms with Crippen molar-refractivity contribution in [2.75, 3.05) is 0 Å². The average Bonchev–Trinajstić information content (AvgIpc) is 2.55. The van der Waals surface area contributed by atoms with Gasteiger partial charge in [0.1, 0.15) is 11.5 Å². The van der Waals surface area contributed by atoms with Crippen molar-refractivity contribution in [2.45, 2.75) is 119 Å². The molecule has 0 fully saturated rings. The van der Waals surface area contributed by atoms with Gasteiger partial charge in [-0.05, 0) is 57.8 Å². The van der Waals surface area contributed by atoms with E-state index < -0.39 is 0 Å². The second kappa shape index (κ2) is 10.5. The maximum absolute atomic E-state index is 10.4. The van der Waals surface area contributed by atoms with E-state index in [1.54, 1.807) is 0 Å². The predicted molar refractivity (Wildman–Crippen MR) is 150 cm³/mol. The molecule has 0 aliphatic heterocycles. The lowest BCUT2D eigenvalue weighted by atomic mass is 9.78. The largest absolute Gasteiger partial charge is 0.507 e. The summed E-state index contributed by atoms with van der Waals surface area (Å²) in [5.41, 5.74) is 6.52. The normalized spacial score (nSPS) is 12.5. The van der Waals surface area contributed by atoms with Crippen LogP contribution in [0.25, 0.3) is 0 Å². The minimum Gasteiger partial charge on any atom is -0.507 e. The molecule has 0 bridgehead atoms. The number of phenolic OH excluding ortho intramolecular Hbond substituents is 2. The zero-order valence-electron chi connectivity index (χ0n) is 23.2. The summed E-state index contributed by atoms with van der Waals surface area (Å²) in [7, 11) is 0. The molecule has 0 amide bonds. The molecule has 2 N–H and O–H groups in total. The Morgan fingerprint density at radius 1 is 0.424 bits per heavy atom. The molecule has 0 aliphatic carbocycles. The van der Waals surface area contributed by atoms with Crippen LogP contribution >= 0.6 is 0 Å². The van der Waals surface area contributed by atoms with Gasteiger partial charge in [-0.1, -0.05) is 118 Å². The lowest BCUT2D eigenvalue weighted by Gasteiger charge is -2.27. The van der Waals surface area contributed by atoms with Gasteiger partial charge in [0, 0.05) is 0 Å². The predicted octanol–water partition coefficient (Wildman–Crippen LogP) is 7.41. The molecule has 2 rings (SSSR count). The summed E-state index contributed by atoms with van der Waals surface area (Å²) < 4.78 is 0. The zero-order chi connectivity index (χ0) is 25.4. The summed E-state index contributed by atoms with van der Waals surface area (Å²) >= 11 is 0. The van der Waals surface area contributed by atoms with Gasteiger partial charge in [-0.2, -0.15) is 0 Å². The summed E-state index contributed by atoms with van der Waals surface area (Å²) in [6.07, 6.45) is 0. The van der Waals surface area contributed by atoms with Crippen LogP contribution in [-0.2, 0) is 21.7 Å². The van der Waals surface area contributed by atoms with Crippen LogP contribution in [0.2, 0.25) is 0 Å². The molecule has 0 spiro atoms. The van der Waals surface area contributed by atoms with Gasteiger partial charge >= 0.3 is 0 Å². The van der Waals surface area contributed by atoms with Crippen LogP contribution in [0.5, 0.6) is 11.5 Å². The van der Waals surface area contributed by atoms with E-state index in [4.69, 9.17) is 0 Å². The van der Waals surface area contributed by atoms with E-state index in [9.17, 15) is 10.2 Å². The molecule has 0 radical (unpaired) electrons. The third kappa shape index (κ3) is 8.38. The van der Waals surface area contributed by atoms with Crippen molar-refractivity contribution in [3.8, 4) is 11.5 Å². The van der Waals surface area contributed by atoms with Crippen LogP contribution in [0.3, 0.4) is 0 Å². The van der Waals surface area contributed by atoms with Crippen LogP contribution in [-0.4, -0.2) is 27.6 Å². The second-order valence-corrected chi connectivity index (χ2v) is 13.4. The summed E-state index contributed by atoms with van der Waals surface area (Å²) in [6, 6.07) is 8.35. The Hall–Kier alpha value is -1.43. The van der Waals surface area contributed by atoms with E-state index in [0.717, 1.165) is 22.3 Å². The van der Waals surface area contributed by atoms with Crippen molar-refractivity contribution < 1.29 is 10.2 Å². The van der Waals surface area contributed by atoms with Gasteiger partial charge in [-0.15, -0.1) is 0 Å². The Bertz CT molecular complexity index is 794. The molecule has 0 atom stereocenters. The highest BCUT2D eigenvalue weighted by Gasteiger charge is 2.26. The quantitative estimate of drug-likeness (QED) is 0.394.